The van der Waals surface area contributed by atoms with Gasteiger partial charge in [0.2, 0.25) is 0 Å². The van der Waals surface area contributed by atoms with Crippen LogP contribution in [0.2, 0.25) is 0 Å². The van der Waals surface area contributed by atoms with Crippen molar-refractivity contribution in [2.45, 2.75) is 6.10 Å². The molecule has 0 heterocycles. The van der Waals surface area contributed by atoms with Gasteiger partial charge in [0.15, 0.2) is 0 Å². The van der Waals surface area contributed by atoms with Crippen LogP contribution < -0.4 is 10.1 Å². The summed E-state index contributed by atoms with van der Waals surface area (Å²) in [6.07, 6.45) is -0.659. The number of para-hydroxylation sites is 2. The summed E-state index contributed by atoms with van der Waals surface area (Å²) < 4.78 is 6.59. The van der Waals surface area contributed by atoms with Crippen molar-refractivity contribution >= 4 is 28.3 Å². The average molecular weight is 394 g/mol. The highest BCUT2D eigenvalue weighted by atomic mass is 127. The first-order valence-electron chi connectivity index (χ1n) is 6.49. The van der Waals surface area contributed by atoms with Gasteiger partial charge >= 0.3 is 0 Å². The fourth-order valence-corrected chi connectivity index (χ4v) is 2.34. The van der Waals surface area contributed by atoms with Crippen molar-refractivity contribution in [3.05, 3.63) is 57.7 Å². The third-order valence-electron chi connectivity index (χ3n) is 2.84. The van der Waals surface area contributed by atoms with Crippen LogP contribution in [0.4, 0.5) is 5.69 Å². The van der Waals surface area contributed by atoms with Crippen LogP contribution in [-0.2, 0) is 0 Å². The van der Waals surface area contributed by atoms with Gasteiger partial charge in [-0.25, -0.2) is 0 Å². The van der Waals surface area contributed by atoms with Crippen LogP contribution in [-0.4, -0.2) is 24.4 Å². The quantitative estimate of drug-likeness (QED) is 0.740. The van der Waals surface area contributed by atoms with E-state index in [0.29, 0.717) is 17.9 Å². The molecule has 0 fully saturated rings. The maximum atomic E-state index is 9.95. The standard InChI is InChI=1S/C16H15IN2O2/c17-14-6-2-3-7-15(14)19-10-13(20)11-21-16-8-4-1-5-12(16)9-18/h1-8,13,19-20H,10-11H2. The van der Waals surface area contributed by atoms with E-state index in [0.717, 1.165) is 9.26 Å². The molecule has 1 atom stereocenters. The Bertz CT molecular complexity index is 640. The zero-order valence-electron chi connectivity index (χ0n) is 11.3. The Kier molecular flexibility index (Phi) is 5.84. The fraction of sp³-hybridized carbons (Fsp3) is 0.188. The number of aliphatic hydroxyl groups excluding tert-OH is 1. The fourth-order valence-electron chi connectivity index (χ4n) is 1.76. The SMILES string of the molecule is N#Cc1ccccc1OCC(O)CNc1ccccc1I. The number of aliphatic hydroxyl groups is 1. The molecular formula is C16H15IN2O2. The van der Waals surface area contributed by atoms with E-state index in [1.807, 2.05) is 24.3 Å². The van der Waals surface area contributed by atoms with Crippen molar-refractivity contribution in [3.63, 3.8) is 0 Å². The smallest absolute Gasteiger partial charge is 0.137 e. The van der Waals surface area contributed by atoms with Crippen molar-refractivity contribution in [2.75, 3.05) is 18.5 Å². The minimum Gasteiger partial charge on any atom is -0.489 e. The molecule has 0 amide bonds. The molecule has 0 aliphatic rings. The lowest BCUT2D eigenvalue weighted by Crippen LogP contribution is -2.26. The first-order chi connectivity index (χ1) is 10.2. The predicted molar refractivity (Wildman–Crippen MR) is 90.3 cm³/mol. The molecule has 0 spiro atoms. The highest BCUT2D eigenvalue weighted by Gasteiger charge is 2.08. The van der Waals surface area contributed by atoms with Gasteiger partial charge in [0.1, 0.15) is 24.5 Å². The first-order valence-corrected chi connectivity index (χ1v) is 7.57. The summed E-state index contributed by atoms with van der Waals surface area (Å²) in [6.45, 7) is 0.518. The summed E-state index contributed by atoms with van der Waals surface area (Å²) in [7, 11) is 0. The second-order valence-corrected chi connectivity index (χ2v) is 5.60. The predicted octanol–water partition coefficient (Wildman–Crippen LogP) is 3.01. The molecule has 5 heteroatoms. The van der Waals surface area contributed by atoms with Crippen LogP contribution in [0.25, 0.3) is 0 Å². The largest absolute Gasteiger partial charge is 0.489 e. The zero-order valence-corrected chi connectivity index (χ0v) is 13.4. The van der Waals surface area contributed by atoms with Gasteiger partial charge in [0, 0.05) is 15.8 Å². The van der Waals surface area contributed by atoms with Crippen LogP contribution in [0, 0.1) is 14.9 Å². The van der Waals surface area contributed by atoms with Crippen molar-refractivity contribution < 1.29 is 9.84 Å². The topological polar surface area (TPSA) is 65.3 Å². The molecule has 1 unspecified atom stereocenters. The first kappa shape index (κ1) is 15.6. The third-order valence-corrected chi connectivity index (χ3v) is 3.78. The van der Waals surface area contributed by atoms with Gasteiger partial charge in [0.25, 0.3) is 0 Å². The van der Waals surface area contributed by atoms with Crippen molar-refractivity contribution in [2.24, 2.45) is 0 Å². The van der Waals surface area contributed by atoms with Gasteiger partial charge in [-0.2, -0.15) is 5.26 Å². The maximum Gasteiger partial charge on any atom is 0.137 e. The molecule has 0 aliphatic carbocycles. The van der Waals surface area contributed by atoms with E-state index >= 15 is 0 Å². The molecule has 4 nitrogen and oxygen atoms in total. The molecule has 108 valence electrons. The number of ether oxygens (including phenoxy) is 1. The molecule has 2 aromatic carbocycles. The van der Waals surface area contributed by atoms with Crippen LogP contribution in [0.1, 0.15) is 5.56 Å². The van der Waals surface area contributed by atoms with Gasteiger partial charge in [-0.05, 0) is 46.9 Å². The van der Waals surface area contributed by atoms with Crippen molar-refractivity contribution in [1.29, 1.82) is 5.26 Å². The summed E-state index contributed by atoms with van der Waals surface area (Å²) >= 11 is 2.24. The molecule has 0 aromatic heterocycles. The van der Waals surface area contributed by atoms with Gasteiger partial charge in [-0.3, -0.25) is 0 Å². The number of hydrogen-bond acceptors (Lipinski definition) is 4. The molecule has 0 saturated heterocycles. The lowest BCUT2D eigenvalue weighted by Gasteiger charge is -2.15. The van der Waals surface area contributed by atoms with Gasteiger partial charge in [-0.1, -0.05) is 24.3 Å². The van der Waals surface area contributed by atoms with Crippen LogP contribution in [0.15, 0.2) is 48.5 Å². The molecule has 2 N–H and O–H groups in total. The highest BCUT2D eigenvalue weighted by molar-refractivity contribution is 14.1. The van der Waals surface area contributed by atoms with E-state index in [9.17, 15) is 5.11 Å². The number of halogens is 1. The molecule has 0 saturated carbocycles. The average Bonchev–Trinajstić information content (AvgIpc) is 2.52. The number of nitriles is 1. The summed E-state index contributed by atoms with van der Waals surface area (Å²) in [5, 5.41) is 22.1. The number of anilines is 1. The lowest BCUT2D eigenvalue weighted by molar-refractivity contribution is 0.117. The van der Waals surface area contributed by atoms with E-state index in [2.05, 4.69) is 34.0 Å². The normalized spacial score (nSPS) is 11.5. The molecular weight excluding hydrogens is 379 g/mol. The molecule has 2 aromatic rings. The van der Waals surface area contributed by atoms with Crippen LogP contribution in [0.5, 0.6) is 5.75 Å². The highest BCUT2D eigenvalue weighted by Crippen LogP contribution is 2.18. The summed E-state index contributed by atoms with van der Waals surface area (Å²) in [5.41, 5.74) is 1.45. The molecule has 0 aliphatic heterocycles. The number of nitrogens with zero attached hydrogens (tertiary/aromatic N) is 1. The second kappa shape index (κ2) is 7.86. The Balaban J connectivity index is 1.84. The number of benzene rings is 2. The van der Waals surface area contributed by atoms with E-state index in [-0.39, 0.29) is 6.61 Å². The summed E-state index contributed by atoms with van der Waals surface area (Å²) in [6, 6.07) is 16.9. The van der Waals surface area contributed by atoms with Crippen molar-refractivity contribution in [1.82, 2.24) is 0 Å². The Hall–Kier alpha value is -1.78. The Morgan fingerprint density at radius 1 is 1.19 bits per heavy atom. The zero-order chi connectivity index (χ0) is 15.1. The monoisotopic (exact) mass is 394 g/mol. The van der Waals surface area contributed by atoms with Gasteiger partial charge in [0.05, 0.1) is 5.56 Å². The molecule has 21 heavy (non-hydrogen) atoms. The summed E-state index contributed by atoms with van der Waals surface area (Å²) in [4.78, 5) is 0. The Morgan fingerprint density at radius 3 is 2.67 bits per heavy atom. The van der Waals surface area contributed by atoms with Crippen LogP contribution >= 0.6 is 22.6 Å². The van der Waals surface area contributed by atoms with E-state index in [1.165, 1.54) is 0 Å². The number of rotatable bonds is 6. The molecule has 0 bridgehead atoms. The Labute approximate surface area is 137 Å². The molecule has 2 rings (SSSR count). The second-order valence-electron chi connectivity index (χ2n) is 4.43. The van der Waals surface area contributed by atoms with Gasteiger partial charge in [-0.15, -0.1) is 0 Å². The number of hydrogen-bond donors (Lipinski definition) is 2. The minimum absolute atomic E-state index is 0.134. The van der Waals surface area contributed by atoms with Crippen molar-refractivity contribution in [3.8, 4) is 11.8 Å². The van der Waals surface area contributed by atoms with E-state index in [1.54, 1.807) is 24.3 Å². The Morgan fingerprint density at radius 2 is 1.90 bits per heavy atom. The number of nitrogens with one attached hydrogen (secondary N) is 1. The summed E-state index contributed by atoms with van der Waals surface area (Å²) in [5.74, 6) is 0.494. The molecule has 0 radical (unpaired) electrons. The van der Waals surface area contributed by atoms with E-state index < -0.39 is 6.10 Å². The third kappa shape index (κ3) is 4.62. The lowest BCUT2D eigenvalue weighted by atomic mass is 10.2. The van der Waals surface area contributed by atoms with Crippen LogP contribution in [0.3, 0.4) is 0 Å². The van der Waals surface area contributed by atoms with Gasteiger partial charge < -0.3 is 15.2 Å². The maximum absolute atomic E-state index is 9.95. The minimum atomic E-state index is -0.659. The van der Waals surface area contributed by atoms with E-state index in [4.69, 9.17) is 10.00 Å².